The highest BCUT2D eigenvalue weighted by Crippen LogP contribution is 2.29. The summed E-state index contributed by atoms with van der Waals surface area (Å²) in [6.07, 6.45) is -4.46. The molecule has 0 fully saturated rings. The average Bonchev–Trinajstić information content (AvgIpc) is 2.52. The highest BCUT2D eigenvalue weighted by Gasteiger charge is 2.30. The monoisotopic (exact) mass is 351 g/mol. The molecule has 0 heterocycles. The Labute approximate surface area is 144 Å². The van der Waals surface area contributed by atoms with Gasteiger partial charge >= 0.3 is 12.1 Å². The fourth-order valence-corrected chi connectivity index (χ4v) is 2.64. The minimum Gasteiger partial charge on any atom is -0.481 e. The third-order valence-corrected chi connectivity index (χ3v) is 3.79. The SMILES string of the molecule is Cc1cccc(CN(CCC(=O)O)Cc2cccc(C(F)(F)F)c2)c1. The summed E-state index contributed by atoms with van der Waals surface area (Å²) in [6.45, 7) is 2.95. The number of hydrogen-bond donors (Lipinski definition) is 1. The van der Waals surface area contributed by atoms with E-state index in [0.717, 1.165) is 23.3 Å². The molecule has 0 aliphatic heterocycles. The van der Waals surface area contributed by atoms with Crippen LogP contribution in [-0.2, 0) is 24.1 Å². The van der Waals surface area contributed by atoms with Gasteiger partial charge in [0.05, 0.1) is 12.0 Å². The highest BCUT2D eigenvalue weighted by atomic mass is 19.4. The summed E-state index contributed by atoms with van der Waals surface area (Å²) in [6, 6.07) is 12.9. The van der Waals surface area contributed by atoms with E-state index in [1.165, 1.54) is 6.07 Å². The molecule has 1 N–H and O–H groups in total. The lowest BCUT2D eigenvalue weighted by Crippen LogP contribution is -2.26. The number of carboxylic acid groups (broad SMARTS) is 1. The Balaban J connectivity index is 2.16. The van der Waals surface area contributed by atoms with Crippen LogP contribution in [0.1, 0.15) is 28.7 Å². The molecule has 0 saturated carbocycles. The van der Waals surface area contributed by atoms with Crippen LogP contribution in [0.3, 0.4) is 0 Å². The molecule has 0 spiro atoms. The largest absolute Gasteiger partial charge is 0.481 e. The number of hydrogen-bond acceptors (Lipinski definition) is 2. The van der Waals surface area contributed by atoms with Crippen molar-refractivity contribution < 1.29 is 23.1 Å². The maximum Gasteiger partial charge on any atom is 0.416 e. The molecule has 2 aromatic rings. The Morgan fingerprint density at radius 1 is 1.04 bits per heavy atom. The molecule has 0 aromatic heterocycles. The second kappa shape index (κ2) is 8.16. The van der Waals surface area contributed by atoms with E-state index in [0.29, 0.717) is 12.1 Å². The van der Waals surface area contributed by atoms with E-state index in [4.69, 9.17) is 5.11 Å². The molecule has 2 rings (SSSR count). The summed E-state index contributed by atoms with van der Waals surface area (Å²) in [5.74, 6) is -0.932. The fourth-order valence-electron chi connectivity index (χ4n) is 2.64. The van der Waals surface area contributed by atoms with Crippen molar-refractivity contribution in [3.8, 4) is 0 Å². The molecule has 0 bridgehead atoms. The lowest BCUT2D eigenvalue weighted by Gasteiger charge is -2.22. The van der Waals surface area contributed by atoms with E-state index in [1.807, 2.05) is 36.1 Å². The van der Waals surface area contributed by atoms with Crippen LogP contribution in [-0.4, -0.2) is 22.5 Å². The molecule has 0 saturated heterocycles. The van der Waals surface area contributed by atoms with Gasteiger partial charge in [0.1, 0.15) is 0 Å². The molecule has 2 aromatic carbocycles. The fraction of sp³-hybridized carbons (Fsp3) is 0.316. The molecule has 0 aliphatic carbocycles. The number of aryl methyl sites for hydroxylation is 1. The zero-order chi connectivity index (χ0) is 18.4. The quantitative estimate of drug-likeness (QED) is 0.799. The van der Waals surface area contributed by atoms with Crippen molar-refractivity contribution in [1.82, 2.24) is 4.90 Å². The van der Waals surface area contributed by atoms with Gasteiger partial charge in [-0.3, -0.25) is 9.69 Å². The average molecular weight is 351 g/mol. The van der Waals surface area contributed by atoms with Crippen LogP contribution in [0, 0.1) is 6.92 Å². The van der Waals surface area contributed by atoms with Crippen molar-refractivity contribution >= 4 is 5.97 Å². The first-order chi connectivity index (χ1) is 11.7. The second-order valence-electron chi connectivity index (χ2n) is 6.04. The van der Waals surface area contributed by atoms with E-state index in [2.05, 4.69) is 0 Å². The van der Waals surface area contributed by atoms with E-state index < -0.39 is 17.7 Å². The maximum atomic E-state index is 12.9. The third-order valence-electron chi connectivity index (χ3n) is 3.79. The highest BCUT2D eigenvalue weighted by molar-refractivity contribution is 5.66. The van der Waals surface area contributed by atoms with Crippen molar-refractivity contribution in [2.75, 3.05) is 6.54 Å². The summed E-state index contributed by atoms with van der Waals surface area (Å²) in [4.78, 5) is 12.7. The van der Waals surface area contributed by atoms with Gasteiger partial charge in [-0.25, -0.2) is 0 Å². The summed E-state index contributed by atoms with van der Waals surface area (Å²) < 4.78 is 38.6. The Kier molecular flexibility index (Phi) is 6.20. The predicted molar refractivity (Wildman–Crippen MR) is 89.0 cm³/mol. The zero-order valence-electron chi connectivity index (χ0n) is 13.9. The summed E-state index contributed by atoms with van der Waals surface area (Å²) in [7, 11) is 0. The van der Waals surface area contributed by atoms with Gasteiger partial charge in [0.15, 0.2) is 0 Å². The smallest absolute Gasteiger partial charge is 0.416 e. The first kappa shape index (κ1) is 19.0. The number of halogens is 3. The molecule has 6 heteroatoms. The van der Waals surface area contributed by atoms with Gasteiger partial charge in [-0.15, -0.1) is 0 Å². The molecular weight excluding hydrogens is 331 g/mol. The number of nitrogens with zero attached hydrogens (tertiary/aromatic N) is 1. The second-order valence-corrected chi connectivity index (χ2v) is 6.04. The van der Waals surface area contributed by atoms with Gasteiger partial charge in [0, 0.05) is 19.6 Å². The number of carbonyl (C=O) groups is 1. The van der Waals surface area contributed by atoms with E-state index in [9.17, 15) is 18.0 Å². The number of carboxylic acids is 1. The third kappa shape index (κ3) is 6.23. The minimum absolute atomic E-state index is 0.0647. The van der Waals surface area contributed by atoms with Crippen LogP contribution in [0.4, 0.5) is 13.2 Å². The van der Waals surface area contributed by atoms with Crippen LogP contribution < -0.4 is 0 Å². The van der Waals surface area contributed by atoms with Crippen molar-refractivity contribution in [3.63, 3.8) is 0 Å². The molecule has 0 atom stereocenters. The molecule has 0 radical (unpaired) electrons. The van der Waals surface area contributed by atoms with Crippen LogP contribution in [0.5, 0.6) is 0 Å². The Morgan fingerprint density at radius 3 is 2.20 bits per heavy atom. The Hall–Kier alpha value is -2.34. The first-order valence-electron chi connectivity index (χ1n) is 7.90. The van der Waals surface area contributed by atoms with Gasteiger partial charge in [0.25, 0.3) is 0 Å². The lowest BCUT2D eigenvalue weighted by molar-refractivity contribution is -0.138. The van der Waals surface area contributed by atoms with Crippen molar-refractivity contribution in [2.24, 2.45) is 0 Å². The predicted octanol–water partition coefficient (Wildman–Crippen LogP) is 4.49. The van der Waals surface area contributed by atoms with E-state index >= 15 is 0 Å². The summed E-state index contributed by atoms with van der Waals surface area (Å²) in [5, 5.41) is 8.91. The number of alkyl halides is 3. The van der Waals surface area contributed by atoms with Crippen LogP contribution >= 0.6 is 0 Å². The van der Waals surface area contributed by atoms with Crippen molar-refractivity contribution in [1.29, 1.82) is 0 Å². The Morgan fingerprint density at radius 2 is 1.64 bits per heavy atom. The molecule has 0 unspecified atom stereocenters. The summed E-state index contributed by atoms with van der Waals surface area (Å²) >= 11 is 0. The molecule has 0 amide bonds. The molecule has 134 valence electrons. The number of benzene rings is 2. The number of aliphatic carboxylic acids is 1. The normalized spacial score (nSPS) is 11.7. The van der Waals surface area contributed by atoms with Gasteiger partial charge < -0.3 is 5.11 Å². The van der Waals surface area contributed by atoms with E-state index in [1.54, 1.807) is 6.07 Å². The Bertz CT molecular complexity index is 729. The van der Waals surface area contributed by atoms with Crippen molar-refractivity contribution in [2.45, 2.75) is 32.6 Å². The summed E-state index contributed by atoms with van der Waals surface area (Å²) in [5.41, 5.74) is 1.89. The standard InChI is InChI=1S/C19H20F3NO2/c1-14-4-2-5-15(10-14)12-23(9-8-18(24)25)13-16-6-3-7-17(11-16)19(20,21)22/h2-7,10-11H,8-9,12-13H2,1H3,(H,24,25). The van der Waals surface area contributed by atoms with Gasteiger partial charge in [0.2, 0.25) is 0 Å². The zero-order valence-corrected chi connectivity index (χ0v) is 13.9. The first-order valence-corrected chi connectivity index (χ1v) is 7.90. The molecule has 0 aliphatic rings. The van der Waals surface area contributed by atoms with E-state index in [-0.39, 0.29) is 19.5 Å². The topological polar surface area (TPSA) is 40.5 Å². The molecular formula is C19H20F3NO2. The van der Waals surface area contributed by atoms with Crippen LogP contribution in [0.2, 0.25) is 0 Å². The lowest BCUT2D eigenvalue weighted by atomic mass is 10.1. The van der Waals surface area contributed by atoms with Crippen LogP contribution in [0.25, 0.3) is 0 Å². The van der Waals surface area contributed by atoms with Gasteiger partial charge in [-0.05, 0) is 24.1 Å². The van der Waals surface area contributed by atoms with Gasteiger partial charge in [-0.2, -0.15) is 13.2 Å². The molecule has 3 nitrogen and oxygen atoms in total. The van der Waals surface area contributed by atoms with Crippen LogP contribution in [0.15, 0.2) is 48.5 Å². The van der Waals surface area contributed by atoms with Gasteiger partial charge in [-0.1, -0.05) is 48.0 Å². The van der Waals surface area contributed by atoms with Crippen molar-refractivity contribution in [3.05, 3.63) is 70.8 Å². The number of rotatable bonds is 7. The maximum absolute atomic E-state index is 12.9. The minimum atomic E-state index is -4.39. The molecule has 25 heavy (non-hydrogen) atoms.